The van der Waals surface area contributed by atoms with Gasteiger partial charge in [-0.3, -0.25) is 4.79 Å². The second-order valence-corrected chi connectivity index (χ2v) is 10.3. The molecule has 0 aliphatic heterocycles. The lowest BCUT2D eigenvalue weighted by Gasteiger charge is -2.64. The van der Waals surface area contributed by atoms with Crippen LogP contribution in [0.15, 0.2) is 0 Å². The molecule has 0 aromatic heterocycles. The molecule has 0 radical (unpaired) electrons. The van der Waals surface area contributed by atoms with Gasteiger partial charge in [-0.1, -0.05) is 19.8 Å². The van der Waals surface area contributed by atoms with E-state index in [2.05, 4.69) is 19.8 Å². The predicted molar refractivity (Wildman–Crippen MR) is 101 cm³/mol. The van der Waals surface area contributed by atoms with Gasteiger partial charge in [0.05, 0.1) is 6.10 Å². The molecule has 4 aliphatic rings. The minimum Gasteiger partial charge on any atom is -0.393 e. The maximum atomic E-state index is 12.0. The summed E-state index contributed by atoms with van der Waals surface area (Å²) in [6.45, 7) is 6.37. The van der Waals surface area contributed by atoms with E-state index in [9.17, 15) is 15.0 Å². The van der Waals surface area contributed by atoms with Crippen molar-refractivity contribution in [3.8, 4) is 12.3 Å². The molecule has 4 aliphatic carbocycles. The van der Waals surface area contributed by atoms with Gasteiger partial charge in [0.25, 0.3) is 0 Å². The zero-order chi connectivity index (χ0) is 18.9. The molecule has 0 spiro atoms. The average molecular weight is 359 g/mol. The van der Waals surface area contributed by atoms with E-state index in [-0.39, 0.29) is 11.3 Å². The van der Waals surface area contributed by atoms with Gasteiger partial charge in [-0.15, -0.1) is 6.42 Å². The van der Waals surface area contributed by atoms with Crippen molar-refractivity contribution in [1.29, 1.82) is 0 Å². The standard InChI is InChI=1S/C23H34O3/c1-5-23(26)13-20-17(19-9-8-18(14(2)24)22(19,23)4)7-6-15-12-16(25)10-11-21(15,20)3/h1,14-15,17-20,24,26H,6-13H2,2-4H3/t14-,15-,17-,18+,19-,20-,21-,22+,23-/m0/s1. The normalized spacial score (nSPS) is 54.6. The number of hydrogen-bond acceptors (Lipinski definition) is 3. The van der Waals surface area contributed by atoms with Gasteiger partial charge in [0.1, 0.15) is 11.4 Å². The van der Waals surface area contributed by atoms with E-state index in [1.807, 2.05) is 6.92 Å². The topological polar surface area (TPSA) is 57.5 Å². The number of carbonyl (C=O) groups is 1. The first-order chi connectivity index (χ1) is 12.2. The molecule has 0 saturated heterocycles. The molecule has 144 valence electrons. The molecule has 0 unspecified atom stereocenters. The molecular formula is C23H34O3. The molecule has 0 amide bonds. The third kappa shape index (κ3) is 2.18. The van der Waals surface area contributed by atoms with Gasteiger partial charge in [0, 0.05) is 18.3 Å². The summed E-state index contributed by atoms with van der Waals surface area (Å²) in [6.07, 6.45) is 12.8. The van der Waals surface area contributed by atoms with Crippen LogP contribution >= 0.6 is 0 Å². The highest BCUT2D eigenvalue weighted by Gasteiger charge is 2.68. The van der Waals surface area contributed by atoms with Crippen LogP contribution in [-0.2, 0) is 4.79 Å². The number of ketones is 1. The Hall–Kier alpha value is -0.850. The van der Waals surface area contributed by atoms with Gasteiger partial charge in [-0.2, -0.15) is 0 Å². The molecule has 0 heterocycles. The number of fused-ring (bicyclic) bond motifs is 5. The number of Topliss-reactive ketones (excluding diaryl/α,β-unsaturated/α-hetero) is 1. The quantitative estimate of drug-likeness (QED) is 0.705. The molecular weight excluding hydrogens is 324 g/mol. The van der Waals surface area contributed by atoms with Gasteiger partial charge in [0.15, 0.2) is 0 Å². The average Bonchev–Trinajstić information content (AvgIpc) is 2.96. The van der Waals surface area contributed by atoms with Crippen LogP contribution in [0.5, 0.6) is 0 Å². The predicted octanol–water partition coefficient (Wildman–Crippen LogP) is 3.57. The molecule has 0 bridgehead atoms. The summed E-state index contributed by atoms with van der Waals surface area (Å²) >= 11 is 0. The number of hydrogen-bond donors (Lipinski definition) is 2. The van der Waals surface area contributed by atoms with Crippen molar-refractivity contribution in [3.63, 3.8) is 0 Å². The number of aliphatic hydroxyl groups excluding tert-OH is 1. The van der Waals surface area contributed by atoms with Crippen molar-refractivity contribution < 1.29 is 15.0 Å². The van der Waals surface area contributed by atoms with E-state index >= 15 is 0 Å². The van der Waals surface area contributed by atoms with Crippen LogP contribution in [0.25, 0.3) is 0 Å². The Labute approximate surface area is 157 Å². The van der Waals surface area contributed by atoms with Crippen LogP contribution in [0, 0.1) is 52.8 Å². The smallest absolute Gasteiger partial charge is 0.133 e. The fraction of sp³-hybridized carbons (Fsp3) is 0.870. The Morgan fingerprint density at radius 2 is 1.92 bits per heavy atom. The van der Waals surface area contributed by atoms with E-state index in [0.29, 0.717) is 48.7 Å². The largest absolute Gasteiger partial charge is 0.393 e. The summed E-state index contributed by atoms with van der Waals surface area (Å²) in [6, 6.07) is 0. The van der Waals surface area contributed by atoms with Gasteiger partial charge in [-0.05, 0) is 80.5 Å². The molecule has 3 heteroatoms. The maximum Gasteiger partial charge on any atom is 0.133 e. The minimum atomic E-state index is -1.16. The van der Waals surface area contributed by atoms with Crippen molar-refractivity contribution in [2.24, 2.45) is 40.4 Å². The molecule has 4 fully saturated rings. The summed E-state index contributed by atoms with van der Waals surface area (Å²) in [5.74, 6) is 5.06. The maximum absolute atomic E-state index is 12.0. The molecule has 26 heavy (non-hydrogen) atoms. The number of rotatable bonds is 1. The lowest BCUT2D eigenvalue weighted by molar-refractivity contribution is -0.200. The van der Waals surface area contributed by atoms with Gasteiger partial charge in [-0.25, -0.2) is 0 Å². The van der Waals surface area contributed by atoms with E-state index in [1.54, 1.807) is 0 Å². The van der Waals surface area contributed by atoms with E-state index in [1.165, 1.54) is 0 Å². The van der Waals surface area contributed by atoms with Crippen molar-refractivity contribution in [2.75, 3.05) is 0 Å². The van der Waals surface area contributed by atoms with Crippen molar-refractivity contribution in [1.82, 2.24) is 0 Å². The Morgan fingerprint density at radius 1 is 1.19 bits per heavy atom. The summed E-state index contributed by atoms with van der Waals surface area (Å²) < 4.78 is 0. The molecule has 4 saturated carbocycles. The fourth-order valence-electron chi connectivity index (χ4n) is 8.09. The second-order valence-electron chi connectivity index (χ2n) is 10.3. The van der Waals surface area contributed by atoms with Gasteiger partial charge >= 0.3 is 0 Å². The number of carbonyl (C=O) groups excluding carboxylic acids is 1. The van der Waals surface area contributed by atoms with Crippen LogP contribution in [0.3, 0.4) is 0 Å². The summed E-state index contributed by atoms with van der Waals surface area (Å²) in [7, 11) is 0. The van der Waals surface area contributed by atoms with Gasteiger partial charge < -0.3 is 10.2 Å². The molecule has 4 rings (SSSR count). The van der Waals surface area contributed by atoms with E-state index in [4.69, 9.17) is 6.42 Å². The zero-order valence-electron chi connectivity index (χ0n) is 16.5. The lowest BCUT2D eigenvalue weighted by Crippen LogP contribution is -2.64. The summed E-state index contributed by atoms with van der Waals surface area (Å²) in [5.41, 5.74) is -1.46. The second kappa shape index (κ2) is 5.82. The number of terminal acetylenes is 1. The van der Waals surface area contributed by atoms with Crippen LogP contribution in [0.1, 0.15) is 72.1 Å². The molecule has 2 N–H and O–H groups in total. The Morgan fingerprint density at radius 3 is 2.58 bits per heavy atom. The van der Waals surface area contributed by atoms with Crippen molar-refractivity contribution in [3.05, 3.63) is 0 Å². The van der Waals surface area contributed by atoms with Crippen LogP contribution in [0.4, 0.5) is 0 Å². The Balaban J connectivity index is 1.76. The highest BCUT2D eigenvalue weighted by atomic mass is 16.3. The van der Waals surface area contributed by atoms with Crippen LogP contribution in [0.2, 0.25) is 0 Å². The van der Waals surface area contributed by atoms with Crippen molar-refractivity contribution in [2.45, 2.75) is 83.8 Å². The fourth-order valence-corrected chi connectivity index (χ4v) is 8.09. The third-order valence-electron chi connectivity index (χ3n) is 9.64. The molecule has 3 nitrogen and oxygen atoms in total. The first-order valence-corrected chi connectivity index (χ1v) is 10.6. The summed E-state index contributed by atoms with van der Waals surface area (Å²) in [5, 5.41) is 22.1. The zero-order valence-corrected chi connectivity index (χ0v) is 16.5. The van der Waals surface area contributed by atoms with E-state index < -0.39 is 17.1 Å². The third-order valence-corrected chi connectivity index (χ3v) is 9.64. The van der Waals surface area contributed by atoms with Crippen LogP contribution in [-0.4, -0.2) is 27.7 Å². The monoisotopic (exact) mass is 358 g/mol. The molecule has 0 aromatic carbocycles. The van der Waals surface area contributed by atoms with Crippen molar-refractivity contribution >= 4 is 5.78 Å². The molecule has 0 aromatic rings. The lowest BCUT2D eigenvalue weighted by atomic mass is 9.41. The highest BCUT2D eigenvalue weighted by Crippen LogP contribution is 2.70. The summed E-state index contributed by atoms with van der Waals surface area (Å²) in [4.78, 5) is 12.0. The Kier molecular flexibility index (Phi) is 4.14. The first-order valence-electron chi connectivity index (χ1n) is 10.6. The highest BCUT2D eigenvalue weighted by molar-refractivity contribution is 5.79. The molecule has 9 atom stereocenters. The van der Waals surface area contributed by atoms with E-state index in [0.717, 1.165) is 32.1 Å². The van der Waals surface area contributed by atoms with Gasteiger partial charge in [0.2, 0.25) is 0 Å². The Bertz CT molecular complexity index is 648. The first kappa shape index (κ1) is 18.5. The number of aliphatic hydroxyl groups is 2. The SMILES string of the molecule is C#C[C@]1(O)C[C@H]2[C@@H](CC[C@H]3CC(=O)CC[C@@]32C)[C@@H]2CC[C@H]([C@H](C)O)[C@]21C. The van der Waals surface area contributed by atoms with Crippen LogP contribution < -0.4 is 0 Å². The minimum absolute atomic E-state index is 0.0629.